The minimum absolute atomic E-state index is 0.293. The number of rotatable bonds is 1. The molecule has 0 aromatic carbocycles. The second-order valence-corrected chi connectivity index (χ2v) is 3.78. The zero-order valence-electron chi connectivity index (χ0n) is 7.95. The van der Waals surface area contributed by atoms with E-state index in [1.165, 1.54) is 26.5 Å². The van der Waals surface area contributed by atoms with E-state index in [2.05, 4.69) is 15.0 Å². The van der Waals surface area contributed by atoms with Gasteiger partial charge >= 0.3 is 6.09 Å². The van der Waals surface area contributed by atoms with Crippen molar-refractivity contribution < 1.29 is 9.53 Å². The number of hydrogen-bond donors (Lipinski definition) is 1. The SMILES string of the molecule is COC(=O)N[C@@H]1CCN2CCC[C@@H]12. The minimum atomic E-state index is -0.293. The molecule has 2 fully saturated rings. The number of alkyl carbamates (subject to hydrolysis) is 1. The second-order valence-electron chi connectivity index (χ2n) is 3.78. The highest BCUT2D eigenvalue weighted by Gasteiger charge is 2.37. The molecule has 0 spiro atoms. The summed E-state index contributed by atoms with van der Waals surface area (Å²) in [5.74, 6) is 0. The molecule has 4 nitrogen and oxygen atoms in total. The summed E-state index contributed by atoms with van der Waals surface area (Å²) in [6, 6.07) is 0.883. The van der Waals surface area contributed by atoms with Crippen LogP contribution in [0.1, 0.15) is 19.3 Å². The molecule has 1 N–H and O–H groups in total. The Hall–Kier alpha value is -0.770. The Bertz CT molecular complexity index is 208. The van der Waals surface area contributed by atoms with Crippen molar-refractivity contribution in [2.24, 2.45) is 0 Å². The largest absolute Gasteiger partial charge is 0.453 e. The van der Waals surface area contributed by atoms with Gasteiger partial charge in [-0.05, 0) is 25.8 Å². The lowest BCUT2D eigenvalue weighted by Crippen LogP contribution is -2.42. The summed E-state index contributed by atoms with van der Waals surface area (Å²) in [6.07, 6.45) is 3.26. The number of nitrogens with zero attached hydrogens (tertiary/aromatic N) is 1. The van der Waals surface area contributed by atoms with E-state index in [9.17, 15) is 4.79 Å². The van der Waals surface area contributed by atoms with Crippen LogP contribution in [-0.2, 0) is 4.74 Å². The predicted molar refractivity (Wildman–Crippen MR) is 48.5 cm³/mol. The van der Waals surface area contributed by atoms with Crippen LogP contribution in [0.4, 0.5) is 4.79 Å². The van der Waals surface area contributed by atoms with Crippen LogP contribution >= 0.6 is 0 Å². The van der Waals surface area contributed by atoms with Gasteiger partial charge < -0.3 is 10.1 Å². The third-order valence-corrected chi connectivity index (χ3v) is 3.09. The lowest BCUT2D eigenvalue weighted by Gasteiger charge is -2.20. The van der Waals surface area contributed by atoms with Crippen molar-refractivity contribution in [3.05, 3.63) is 0 Å². The first-order chi connectivity index (χ1) is 6.31. The molecule has 0 aromatic rings. The molecule has 0 bridgehead atoms. The lowest BCUT2D eigenvalue weighted by atomic mass is 10.1. The van der Waals surface area contributed by atoms with Crippen molar-refractivity contribution in [3.8, 4) is 0 Å². The van der Waals surface area contributed by atoms with E-state index in [0.717, 1.165) is 13.0 Å². The molecule has 2 rings (SSSR count). The number of methoxy groups -OCH3 is 1. The molecule has 13 heavy (non-hydrogen) atoms. The van der Waals surface area contributed by atoms with Gasteiger partial charge in [0.05, 0.1) is 7.11 Å². The predicted octanol–water partition coefficient (Wildman–Crippen LogP) is 0.579. The molecule has 74 valence electrons. The molecule has 4 heteroatoms. The van der Waals surface area contributed by atoms with E-state index in [1.807, 2.05) is 0 Å². The van der Waals surface area contributed by atoms with Gasteiger partial charge in [0.2, 0.25) is 0 Å². The lowest BCUT2D eigenvalue weighted by molar-refractivity contribution is 0.163. The summed E-state index contributed by atoms with van der Waals surface area (Å²) in [6.45, 7) is 2.32. The van der Waals surface area contributed by atoms with Gasteiger partial charge in [-0.2, -0.15) is 0 Å². The molecule has 0 radical (unpaired) electrons. The number of hydrogen-bond acceptors (Lipinski definition) is 3. The number of fused-ring (bicyclic) bond motifs is 1. The van der Waals surface area contributed by atoms with Crippen LogP contribution in [-0.4, -0.2) is 43.3 Å². The number of nitrogens with one attached hydrogen (secondary N) is 1. The molecule has 2 heterocycles. The van der Waals surface area contributed by atoms with Crippen LogP contribution < -0.4 is 5.32 Å². The van der Waals surface area contributed by atoms with Crippen molar-refractivity contribution in [1.29, 1.82) is 0 Å². The van der Waals surface area contributed by atoms with Crippen LogP contribution in [0.2, 0.25) is 0 Å². The maximum Gasteiger partial charge on any atom is 0.407 e. The summed E-state index contributed by atoms with van der Waals surface area (Å²) in [4.78, 5) is 13.5. The third kappa shape index (κ3) is 1.63. The quantitative estimate of drug-likeness (QED) is 0.648. The van der Waals surface area contributed by atoms with E-state index >= 15 is 0 Å². The first-order valence-corrected chi connectivity index (χ1v) is 4.90. The van der Waals surface area contributed by atoms with Crippen molar-refractivity contribution in [2.45, 2.75) is 31.3 Å². The van der Waals surface area contributed by atoms with Crippen molar-refractivity contribution in [2.75, 3.05) is 20.2 Å². The highest BCUT2D eigenvalue weighted by molar-refractivity contribution is 5.67. The zero-order valence-corrected chi connectivity index (χ0v) is 7.95. The molecule has 0 aromatic heterocycles. The fraction of sp³-hybridized carbons (Fsp3) is 0.889. The van der Waals surface area contributed by atoms with Gasteiger partial charge in [0.25, 0.3) is 0 Å². The normalized spacial score (nSPS) is 33.0. The Morgan fingerprint density at radius 3 is 3.08 bits per heavy atom. The monoisotopic (exact) mass is 184 g/mol. The Morgan fingerprint density at radius 1 is 1.46 bits per heavy atom. The van der Waals surface area contributed by atoms with Crippen molar-refractivity contribution in [3.63, 3.8) is 0 Å². The fourth-order valence-electron chi connectivity index (χ4n) is 2.46. The molecule has 0 aliphatic carbocycles. The Morgan fingerprint density at radius 2 is 2.31 bits per heavy atom. The Balaban J connectivity index is 1.90. The van der Waals surface area contributed by atoms with Gasteiger partial charge in [0.15, 0.2) is 0 Å². The number of amides is 1. The maximum absolute atomic E-state index is 11.0. The molecular formula is C9H16N2O2. The molecule has 2 aliphatic heterocycles. The summed E-state index contributed by atoms with van der Waals surface area (Å²) in [5.41, 5.74) is 0. The zero-order chi connectivity index (χ0) is 9.26. The third-order valence-electron chi connectivity index (χ3n) is 3.09. The average Bonchev–Trinajstić information content (AvgIpc) is 2.69. The van der Waals surface area contributed by atoms with Crippen molar-refractivity contribution in [1.82, 2.24) is 10.2 Å². The van der Waals surface area contributed by atoms with E-state index in [-0.39, 0.29) is 6.09 Å². The highest BCUT2D eigenvalue weighted by atomic mass is 16.5. The van der Waals surface area contributed by atoms with Gasteiger partial charge in [-0.15, -0.1) is 0 Å². The maximum atomic E-state index is 11.0. The first kappa shape index (κ1) is 8.81. The van der Waals surface area contributed by atoms with Gasteiger partial charge in [-0.1, -0.05) is 0 Å². The highest BCUT2D eigenvalue weighted by Crippen LogP contribution is 2.27. The fourth-order valence-corrected chi connectivity index (χ4v) is 2.46. The number of carbonyl (C=O) groups is 1. The van der Waals surface area contributed by atoms with Gasteiger partial charge in [0, 0.05) is 18.6 Å². The van der Waals surface area contributed by atoms with Gasteiger partial charge in [0.1, 0.15) is 0 Å². The molecule has 2 atom stereocenters. The summed E-state index contributed by atoms with van der Waals surface area (Å²) >= 11 is 0. The first-order valence-electron chi connectivity index (χ1n) is 4.90. The van der Waals surface area contributed by atoms with E-state index in [1.54, 1.807) is 0 Å². The summed E-state index contributed by atoms with van der Waals surface area (Å²) < 4.78 is 4.59. The molecule has 2 saturated heterocycles. The van der Waals surface area contributed by atoms with E-state index in [4.69, 9.17) is 0 Å². The number of carbonyl (C=O) groups excluding carboxylic acids is 1. The Kier molecular flexibility index (Phi) is 2.40. The van der Waals surface area contributed by atoms with Crippen LogP contribution in [0.3, 0.4) is 0 Å². The van der Waals surface area contributed by atoms with Crippen LogP contribution in [0.5, 0.6) is 0 Å². The van der Waals surface area contributed by atoms with Crippen LogP contribution in [0, 0.1) is 0 Å². The van der Waals surface area contributed by atoms with E-state index in [0.29, 0.717) is 12.1 Å². The minimum Gasteiger partial charge on any atom is -0.453 e. The molecule has 0 unspecified atom stereocenters. The second kappa shape index (κ2) is 3.54. The average molecular weight is 184 g/mol. The molecule has 0 saturated carbocycles. The van der Waals surface area contributed by atoms with Crippen LogP contribution in [0.15, 0.2) is 0 Å². The van der Waals surface area contributed by atoms with Gasteiger partial charge in [-0.3, -0.25) is 4.90 Å². The molecular weight excluding hydrogens is 168 g/mol. The summed E-state index contributed by atoms with van der Waals surface area (Å²) in [5, 5.41) is 2.90. The van der Waals surface area contributed by atoms with Crippen LogP contribution in [0.25, 0.3) is 0 Å². The molecule has 1 amide bonds. The number of ether oxygens (including phenoxy) is 1. The van der Waals surface area contributed by atoms with E-state index < -0.39 is 0 Å². The standard InChI is InChI=1S/C9H16N2O2/c1-13-9(12)10-7-4-6-11-5-2-3-8(7)11/h7-8H,2-6H2,1H3,(H,10,12)/t7-,8+/m1/s1. The van der Waals surface area contributed by atoms with Crippen molar-refractivity contribution >= 4 is 6.09 Å². The topological polar surface area (TPSA) is 41.6 Å². The molecule has 2 aliphatic rings. The van der Waals surface area contributed by atoms with Gasteiger partial charge in [-0.25, -0.2) is 4.79 Å². The smallest absolute Gasteiger partial charge is 0.407 e. The Labute approximate surface area is 78.2 Å². The summed E-state index contributed by atoms with van der Waals surface area (Å²) in [7, 11) is 1.41.